The molecule has 0 spiro atoms. The van der Waals surface area contributed by atoms with E-state index in [9.17, 15) is 4.79 Å². The molecule has 1 N–H and O–H groups in total. The van der Waals surface area contributed by atoms with Crippen LogP contribution in [-0.2, 0) is 16.0 Å². The summed E-state index contributed by atoms with van der Waals surface area (Å²) in [4.78, 5) is 15.6. The van der Waals surface area contributed by atoms with E-state index in [-0.39, 0.29) is 11.7 Å². The number of ether oxygens (including phenoxy) is 1. The number of esters is 1. The van der Waals surface area contributed by atoms with Crippen molar-refractivity contribution in [3.63, 3.8) is 0 Å². The third-order valence-corrected chi connectivity index (χ3v) is 3.21. The summed E-state index contributed by atoms with van der Waals surface area (Å²) in [5.41, 5.74) is 1.16. The lowest BCUT2D eigenvalue weighted by atomic mass is 10.2. The van der Waals surface area contributed by atoms with Crippen LogP contribution in [0.3, 0.4) is 0 Å². The summed E-state index contributed by atoms with van der Waals surface area (Å²) in [5.74, 6) is 0.717. The number of aromatic amines is 1. The van der Waals surface area contributed by atoms with Crippen LogP contribution in [0.2, 0.25) is 0 Å². The molecule has 19 heavy (non-hydrogen) atoms. The maximum absolute atomic E-state index is 11.5. The van der Waals surface area contributed by atoms with Gasteiger partial charge in [-0.1, -0.05) is 42.1 Å². The topological polar surface area (TPSA) is 67.9 Å². The molecule has 0 unspecified atom stereocenters. The average molecular weight is 277 g/mol. The van der Waals surface area contributed by atoms with Crippen LogP contribution in [0.25, 0.3) is 0 Å². The van der Waals surface area contributed by atoms with Gasteiger partial charge in [-0.3, -0.25) is 9.89 Å². The Hall–Kier alpha value is -1.82. The number of nitrogens with zero attached hydrogens (tertiary/aromatic N) is 2. The molecule has 1 aromatic heterocycles. The highest BCUT2D eigenvalue weighted by atomic mass is 32.2. The molecule has 6 heteroatoms. The molecular formula is C13H15N3O2S. The van der Waals surface area contributed by atoms with Crippen LogP contribution < -0.4 is 0 Å². The number of aryl methyl sites for hydroxylation is 1. The predicted octanol–water partition coefficient (Wildman–Crippen LogP) is 1.99. The van der Waals surface area contributed by atoms with Crippen molar-refractivity contribution in [3.05, 3.63) is 41.7 Å². The van der Waals surface area contributed by atoms with E-state index in [1.54, 1.807) is 0 Å². The first-order chi connectivity index (χ1) is 9.24. The van der Waals surface area contributed by atoms with Gasteiger partial charge in [0, 0.05) is 6.42 Å². The number of hydrogen-bond acceptors (Lipinski definition) is 5. The maximum Gasteiger partial charge on any atom is 0.316 e. The monoisotopic (exact) mass is 277 g/mol. The number of carbonyl (C=O) groups excluding carboxylic acids is 1. The molecule has 0 aliphatic rings. The minimum absolute atomic E-state index is 0.228. The molecular weight excluding hydrogens is 262 g/mol. The lowest BCUT2D eigenvalue weighted by Gasteiger charge is -2.03. The van der Waals surface area contributed by atoms with Gasteiger partial charge in [-0.2, -0.15) is 0 Å². The molecule has 0 aliphatic carbocycles. The Morgan fingerprint density at radius 1 is 1.37 bits per heavy atom. The third-order valence-electron chi connectivity index (χ3n) is 2.39. The Balaban J connectivity index is 1.65. The molecule has 2 aromatic rings. The van der Waals surface area contributed by atoms with Crippen LogP contribution >= 0.6 is 11.8 Å². The van der Waals surface area contributed by atoms with Crippen molar-refractivity contribution in [2.45, 2.75) is 18.5 Å². The number of benzene rings is 1. The van der Waals surface area contributed by atoms with Gasteiger partial charge in [-0.15, -0.1) is 5.10 Å². The second-order valence-electron chi connectivity index (χ2n) is 3.95. The molecule has 0 atom stereocenters. The number of aromatic nitrogens is 3. The molecule has 5 nitrogen and oxygen atoms in total. The van der Waals surface area contributed by atoms with Crippen LogP contribution in [-0.4, -0.2) is 33.5 Å². The zero-order chi connectivity index (χ0) is 13.5. The van der Waals surface area contributed by atoms with Crippen molar-refractivity contribution in [2.24, 2.45) is 0 Å². The van der Waals surface area contributed by atoms with Crippen molar-refractivity contribution in [1.82, 2.24) is 15.2 Å². The minimum Gasteiger partial charge on any atom is -0.465 e. The summed E-state index contributed by atoms with van der Waals surface area (Å²) in [6.45, 7) is 2.21. The smallest absolute Gasteiger partial charge is 0.316 e. The van der Waals surface area contributed by atoms with Gasteiger partial charge in [-0.25, -0.2) is 4.98 Å². The van der Waals surface area contributed by atoms with Gasteiger partial charge in [0.1, 0.15) is 5.82 Å². The van der Waals surface area contributed by atoms with Gasteiger partial charge in [0.15, 0.2) is 0 Å². The highest BCUT2D eigenvalue weighted by Gasteiger charge is 2.07. The molecule has 1 heterocycles. The summed E-state index contributed by atoms with van der Waals surface area (Å²) < 4.78 is 5.15. The van der Waals surface area contributed by atoms with Gasteiger partial charge in [0.2, 0.25) is 5.16 Å². The Morgan fingerprint density at radius 3 is 2.84 bits per heavy atom. The zero-order valence-electron chi connectivity index (χ0n) is 10.6. The van der Waals surface area contributed by atoms with Crippen molar-refractivity contribution < 1.29 is 9.53 Å². The first-order valence-corrected chi connectivity index (χ1v) is 6.94. The van der Waals surface area contributed by atoms with E-state index in [4.69, 9.17) is 4.74 Å². The molecule has 0 bridgehead atoms. The fraction of sp³-hybridized carbons (Fsp3) is 0.308. The number of rotatable bonds is 6. The molecule has 0 saturated carbocycles. The van der Waals surface area contributed by atoms with E-state index in [1.165, 1.54) is 11.8 Å². The summed E-state index contributed by atoms with van der Waals surface area (Å²) >= 11 is 1.27. The molecule has 1 aromatic carbocycles. The average Bonchev–Trinajstić information content (AvgIpc) is 2.83. The summed E-state index contributed by atoms with van der Waals surface area (Å²) in [6, 6.07) is 9.93. The van der Waals surface area contributed by atoms with E-state index in [2.05, 4.69) is 15.2 Å². The fourth-order valence-corrected chi connectivity index (χ4v) is 2.12. The van der Waals surface area contributed by atoms with Gasteiger partial charge < -0.3 is 4.74 Å². The fourth-order valence-electron chi connectivity index (χ4n) is 1.48. The minimum atomic E-state index is -0.247. The van der Waals surface area contributed by atoms with Crippen molar-refractivity contribution in [2.75, 3.05) is 12.4 Å². The highest BCUT2D eigenvalue weighted by molar-refractivity contribution is 7.99. The highest BCUT2D eigenvalue weighted by Crippen LogP contribution is 2.12. The number of H-pyrrole nitrogens is 1. The molecule has 0 saturated heterocycles. The van der Waals surface area contributed by atoms with Gasteiger partial charge >= 0.3 is 5.97 Å². The third kappa shape index (κ3) is 4.75. The van der Waals surface area contributed by atoms with E-state index < -0.39 is 0 Å². The Labute approximate surface area is 115 Å². The standard InChI is InChI=1S/C13H15N3O2S/c1-10-14-13(16-15-10)19-9-12(17)18-8-7-11-5-3-2-4-6-11/h2-6H,7-9H2,1H3,(H,14,15,16). The molecule has 0 amide bonds. The van der Waals surface area contributed by atoms with Gasteiger partial charge in [0.25, 0.3) is 0 Å². The van der Waals surface area contributed by atoms with E-state index in [0.717, 1.165) is 17.8 Å². The summed E-state index contributed by atoms with van der Waals surface area (Å²) in [7, 11) is 0. The maximum atomic E-state index is 11.5. The lowest BCUT2D eigenvalue weighted by molar-refractivity contribution is -0.140. The van der Waals surface area contributed by atoms with Gasteiger partial charge in [0.05, 0.1) is 12.4 Å². The Morgan fingerprint density at radius 2 is 2.16 bits per heavy atom. The van der Waals surface area contributed by atoms with Crippen molar-refractivity contribution in [3.8, 4) is 0 Å². The molecule has 2 rings (SSSR count). The quantitative estimate of drug-likeness (QED) is 0.646. The van der Waals surface area contributed by atoms with Crippen molar-refractivity contribution >= 4 is 17.7 Å². The molecule has 0 aliphatic heterocycles. The largest absolute Gasteiger partial charge is 0.465 e. The number of hydrogen-bond donors (Lipinski definition) is 1. The zero-order valence-corrected chi connectivity index (χ0v) is 11.4. The van der Waals surface area contributed by atoms with Crippen molar-refractivity contribution in [1.29, 1.82) is 0 Å². The van der Waals surface area contributed by atoms with Crippen LogP contribution in [0.1, 0.15) is 11.4 Å². The number of nitrogens with one attached hydrogen (secondary N) is 1. The summed E-state index contributed by atoms with van der Waals surface area (Å²) in [6.07, 6.45) is 0.733. The number of thioether (sulfide) groups is 1. The second kappa shape index (κ2) is 6.94. The first-order valence-electron chi connectivity index (χ1n) is 5.95. The first kappa shape index (κ1) is 13.6. The van der Waals surface area contributed by atoms with Crippen LogP contribution in [0.5, 0.6) is 0 Å². The lowest BCUT2D eigenvalue weighted by Crippen LogP contribution is -2.10. The Bertz CT molecular complexity index is 528. The molecule has 100 valence electrons. The van der Waals surface area contributed by atoms with Crippen LogP contribution in [0.4, 0.5) is 0 Å². The second-order valence-corrected chi connectivity index (χ2v) is 4.89. The normalized spacial score (nSPS) is 10.4. The van der Waals surface area contributed by atoms with Crippen LogP contribution in [0, 0.1) is 6.92 Å². The van der Waals surface area contributed by atoms with Crippen LogP contribution in [0.15, 0.2) is 35.5 Å². The van der Waals surface area contributed by atoms with E-state index in [1.807, 2.05) is 37.3 Å². The predicted molar refractivity (Wildman–Crippen MR) is 72.9 cm³/mol. The molecule has 0 fully saturated rings. The summed E-state index contributed by atoms with van der Waals surface area (Å²) in [5, 5.41) is 7.22. The van der Waals surface area contributed by atoms with E-state index >= 15 is 0 Å². The van der Waals surface area contributed by atoms with E-state index in [0.29, 0.717) is 11.8 Å². The SMILES string of the molecule is Cc1nc(SCC(=O)OCCc2ccccc2)n[nH]1. The Kier molecular flexibility index (Phi) is 4.97. The van der Waals surface area contributed by atoms with Gasteiger partial charge in [-0.05, 0) is 12.5 Å². The molecule has 0 radical (unpaired) electrons. The number of carbonyl (C=O) groups is 1.